The van der Waals surface area contributed by atoms with Crippen LogP contribution >= 0.6 is 11.8 Å². The van der Waals surface area contributed by atoms with Crippen LogP contribution in [0.15, 0.2) is 0 Å². The van der Waals surface area contributed by atoms with Crippen LogP contribution in [-0.2, 0) is 4.79 Å². The fraction of sp³-hybridized carbons (Fsp3) is 0.857. The van der Waals surface area contributed by atoms with Crippen molar-refractivity contribution >= 4 is 17.7 Å². The number of carbonyl (C=O) groups excluding carboxylic acids is 1. The van der Waals surface area contributed by atoms with Crippen LogP contribution in [-0.4, -0.2) is 23.5 Å². The van der Waals surface area contributed by atoms with Crippen molar-refractivity contribution in [3.8, 4) is 0 Å². The van der Waals surface area contributed by atoms with Crippen LogP contribution < -0.4 is 5.32 Å². The Labute approximate surface area is 65.8 Å². The van der Waals surface area contributed by atoms with E-state index in [1.807, 2.05) is 11.8 Å². The number of carbonyl (C=O) groups is 1. The van der Waals surface area contributed by atoms with Crippen LogP contribution in [0.1, 0.15) is 19.8 Å². The fourth-order valence-corrected chi connectivity index (χ4v) is 2.21. The lowest BCUT2D eigenvalue weighted by Crippen LogP contribution is -2.36. The van der Waals surface area contributed by atoms with Crippen molar-refractivity contribution in [2.24, 2.45) is 0 Å². The molecule has 2 nitrogen and oxygen atoms in total. The predicted octanol–water partition coefficient (Wildman–Crippen LogP) is 1.02. The minimum absolute atomic E-state index is 0.104. The lowest BCUT2D eigenvalue weighted by atomic mass is 10.2. The molecule has 10 heavy (non-hydrogen) atoms. The summed E-state index contributed by atoms with van der Waals surface area (Å²) >= 11 is 1.93. The molecule has 1 fully saturated rings. The third-order valence-corrected chi connectivity index (χ3v) is 2.78. The van der Waals surface area contributed by atoms with E-state index in [-0.39, 0.29) is 5.91 Å². The highest BCUT2D eigenvalue weighted by Crippen LogP contribution is 2.16. The molecule has 1 saturated heterocycles. The molecular weight excluding hydrogens is 146 g/mol. The first-order chi connectivity index (χ1) is 4.79. The van der Waals surface area contributed by atoms with E-state index in [0.29, 0.717) is 6.04 Å². The van der Waals surface area contributed by atoms with Crippen LogP contribution in [0.3, 0.4) is 0 Å². The molecule has 1 heterocycles. The normalized spacial score (nSPS) is 25.9. The van der Waals surface area contributed by atoms with Crippen LogP contribution in [0.2, 0.25) is 0 Å². The summed E-state index contributed by atoms with van der Waals surface area (Å²) < 4.78 is 0. The van der Waals surface area contributed by atoms with Crippen LogP contribution in [0, 0.1) is 0 Å². The Morgan fingerprint density at radius 3 is 3.00 bits per heavy atom. The Kier molecular flexibility index (Phi) is 3.06. The summed E-state index contributed by atoms with van der Waals surface area (Å²) in [6.07, 6.45) is 2.40. The zero-order chi connectivity index (χ0) is 7.40. The monoisotopic (exact) mass is 159 g/mol. The molecule has 1 amide bonds. The van der Waals surface area contributed by atoms with Gasteiger partial charge >= 0.3 is 0 Å². The zero-order valence-corrected chi connectivity index (χ0v) is 7.04. The fourth-order valence-electron chi connectivity index (χ4n) is 1.14. The Hall–Kier alpha value is -0.180. The number of hydrogen-bond donors (Lipinski definition) is 1. The molecule has 1 atom stereocenters. The molecule has 0 spiro atoms. The highest BCUT2D eigenvalue weighted by molar-refractivity contribution is 7.99. The second-order valence-electron chi connectivity index (χ2n) is 2.61. The highest BCUT2D eigenvalue weighted by atomic mass is 32.2. The molecule has 1 N–H and O–H groups in total. The summed E-state index contributed by atoms with van der Waals surface area (Å²) in [6, 6.07) is 0.441. The van der Waals surface area contributed by atoms with Gasteiger partial charge in [0.2, 0.25) is 5.91 Å². The van der Waals surface area contributed by atoms with E-state index < -0.39 is 0 Å². The number of hydrogen-bond acceptors (Lipinski definition) is 2. The van der Waals surface area contributed by atoms with Gasteiger partial charge in [0.05, 0.1) is 0 Å². The van der Waals surface area contributed by atoms with E-state index in [0.717, 1.165) is 12.2 Å². The minimum atomic E-state index is 0.104. The molecule has 0 aromatic carbocycles. The van der Waals surface area contributed by atoms with Crippen molar-refractivity contribution < 1.29 is 4.79 Å². The van der Waals surface area contributed by atoms with Crippen molar-refractivity contribution in [2.75, 3.05) is 11.5 Å². The maximum atomic E-state index is 10.6. The Morgan fingerprint density at radius 2 is 2.50 bits per heavy atom. The van der Waals surface area contributed by atoms with Crippen LogP contribution in [0.4, 0.5) is 0 Å². The van der Waals surface area contributed by atoms with Gasteiger partial charge in [0.1, 0.15) is 0 Å². The van der Waals surface area contributed by atoms with Gasteiger partial charge in [0.15, 0.2) is 0 Å². The number of nitrogens with one attached hydrogen (secondary N) is 1. The van der Waals surface area contributed by atoms with Crippen LogP contribution in [0.5, 0.6) is 0 Å². The molecule has 1 unspecified atom stereocenters. The highest BCUT2D eigenvalue weighted by Gasteiger charge is 2.13. The Morgan fingerprint density at radius 1 is 1.70 bits per heavy atom. The van der Waals surface area contributed by atoms with Gasteiger partial charge in [0, 0.05) is 18.7 Å². The molecule has 0 aliphatic carbocycles. The van der Waals surface area contributed by atoms with E-state index in [1.54, 1.807) is 6.92 Å². The third-order valence-electron chi connectivity index (χ3n) is 1.57. The first-order valence-electron chi connectivity index (χ1n) is 3.64. The van der Waals surface area contributed by atoms with E-state index in [4.69, 9.17) is 0 Å². The van der Waals surface area contributed by atoms with Crippen molar-refractivity contribution in [1.29, 1.82) is 0 Å². The molecule has 1 aliphatic rings. The molecule has 0 aromatic rings. The third kappa shape index (κ3) is 2.60. The van der Waals surface area contributed by atoms with E-state index in [9.17, 15) is 4.79 Å². The standard InChI is InChI=1S/C7H13NOS/c1-6(9)8-7-3-2-4-10-5-7/h7H,2-5H2,1H3,(H,8,9). The average molecular weight is 159 g/mol. The molecule has 3 heteroatoms. The molecule has 0 bridgehead atoms. The van der Waals surface area contributed by atoms with Crippen molar-refractivity contribution in [1.82, 2.24) is 5.32 Å². The number of amides is 1. The topological polar surface area (TPSA) is 29.1 Å². The molecular formula is C7H13NOS. The summed E-state index contributed by atoms with van der Waals surface area (Å²) in [7, 11) is 0. The quantitative estimate of drug-likeness (QED) is 0.619. The van der Waals surface area contributed by atoms with Crippen molar-refractivity contribution in [3.63, 3.8) is 0 Å². The summed E-state index contributed by atoms with van der Waals surface area (Å²) in [5.41, 5.74) is 0. The summed E-state index contributed by atoms with van der Waals surface area (Å²) in [5.74, 6) is 2.46. The molecule has 1 aliphatic heterocycles. The maximum absolute atomic E-state index is 10.6. The first kappa shape index (κ1) is 7.92. The zero-order valence-electron chi connectivity index (χ0n) is 6.22. The molecule has 0 aromatic heterocycles. The minimum Gasteiger partial charge on any atom is -0.353 e. The summed E-state index contributed by atoms with van der Waals surface area (Å²) in [4.78, 5) is 10.6. The second kappa shape index (κ2) is 3.86. The second-order valence-corrected chi connectivity index (χ2v) is 3.76. The molecule has 0 radical (unpaired) electrons. The van der Waals surface area contributed by atoms with Gasteiger partial charge < -0.3 is 5.32 Å². The lowest BCUT2D eigenvalue weighted by molar-refractivity contribution is -0.119. The molecule has 0 saturated carbocycles. The van der Waals surface area contributed by atoms with E-state index in [1.165, 1.54) is 12.2 Å². The smallest absolute Gasteiger partial charge is 0.217 e. The lowest BCUT2D eigenvalue weighted by Gasteiger charge is -2.21. The molecule has 1 rings (SSSR count). The van der Waals surface area contributed by atoms with Crippen molar-refractivity contribution in [2.45, 2.75) is 25.8 Å². The van der Waals surface area contributed by atoms with Crippen molar-refractivity contribution in [3.05, 3.63) is 0 Å². The van der Waals surface area contributed by atoms with Gasteiger partial charge in [0.25, 0.3) is 0 Å². The van der Waals surface area contributed by atoms with Gasteiger partial charge in [-0.15, -0.1) is 0 Å². The van der Waals surface area contributed by atoms with Crippen LogP contribution in [0.25, 0.3) is 0 Å². The SMILES string of the molecule is CC(=O)NC1CCCSC1. The largest absolute Gasteiger partial charge is 0.353 e. The number of rotatable bonds is 1. The maximum Gasteiger partial charge on any atom is 0.217 e. The Balaban J connectivity index is 2.19. The van der Waals surface area contributed by atoms with Gasteiger partial charge in [-0.05, 0) is 18.6 Å². The van der Waals surface area contributed by atoms with Gasteiger partial charge in [-0.2, -0.15) is 11.8 Å². The van der Waals surface area contributed by atoms with Gasteiger partial charge in [-0.25, -0.2) is 0 Å². The summed E-state index contributed by atoms with van der Waals surface area (Å²) in [5, 5.41) is 2.92. The van der Waals surface area contributed by atoms with E-state index in [2.05, 4.69) is 5.32 Å². The molecule has 58 valence electrons. The first-order valence-corrected chi connectivity index (χ1v) is 4.79. The van der Waals surface area contributed by atoms with E-state index >= 15 is 0 Å². The number of thioether (sulfide) groups is 1. The van der Waals surface area contributed by atoms with Gasteiger partial charge in [-0.3, -0.25) is 4.79 Å². The predicted molar refractivity (Wildman–Crippen MR) is 44.2 cm³/mol. The Bertz CT molecular complexity index is 121. The van der Waals surface area contributed by atoms with Gasteiger partial charge in [-0.1, -0.05) is 0 Å². The summed E-state index contributed by atoms with van der Waals surface area (Å²) in [6.45, 7) is 1.58. The average Bonchev–Trinajstić information content (AvgIpc) is 1.88.